The summed E-state index contributed by atoms with van der Waals surface area (Å²) in [5.41, 5.74) is 11.8. The van der Waals surface area contributed by atoms with E-state index in [4.69, 9.17) is 0 Å². The molecule has 4 heteroatoms. The fourth-order valence-corrected chi connectivity index (χ4v) is 6.62. The first-order valence-corrected chi connectivity index (χ1v) is 15.7. The second-order valence-electron chi connectivity index (χ2n) is 11.7. The quantitative estimate of drug-likeness (QED) is 0.194. The molecule has 4 nitrogen and oxygen atoms in total. The highest BCUT2D eigenvalue weighted by Gasteiger charge is 2.15. The van der Waals surface area contributed by atoms with Gasteiger partial charge in [0.2, 0.25) is 0 Å². The van der Waals surface area contributed by atoms with Crippen molar-refractivity contribution < 1.29 is 0 Å². The van der Waals surface area contributed by atoms with Crippen molar-refractivity contribution in [1.82, 2.24) is 9.97 Å². The van der Waals surface area contributed by atoms with Crippen LogP contribution in [0.5, 0.6) is 0 Å². The van der Waals surface area contributed by atoms with Gasteiger partial charge in [-0.05, 0) is 90.3 Å². The minimum atomic E-state index is 0.543. The lowest BCUT2D eigenvalue weighted by Crippen LogP contribution is -1.90. The van der Waals surface area contributed by atoms with E-state index in [9.17, 15) is 10.5 Å². The van der Waals surface area contributed by atoms with Gasteiger partial charge in [0.1, 0.15) is 12.1 Å². The largest absolute Gasteiger partial charge is 0.263 e. The molecular weight excluding hydrogens is 585 g/mol. The molecule has 8 rings (SSSR count). The molecule has 0 unspecified atom stereocenters. The van der Waals surface area contributed by atoms with E-state index in [0.29, 0.717) is 11.1 Å². The van der Waals surface area contributed by atoms with Crippen LogP contribution < -0.4 is 0 Å². The first kappa shape index (κ1) is 28.6. The Morgan fingerprint density at radius 1 is 0.333 bits per heavy atom. The number of hydrogen-bond donors (Lipinski definition) is 0. The van der Waals surface area contributed by atoms with Crippen LogP contribution in [-0.2, 0) is 0 Å². The van der Waals surface area contributed by atoms with Crippen LogP contribution in [0, 0.1) is 22.7 Å². The highest BCUT2D eigenvalue weighted by atomic mass is 14.6. The molecule has 0 amide bonds. The molecule has 0 aliphatic rings. The zero-order valence-electron chi connectivity index (χ0n) is 25.8. The van der Waals surface area contributed by atoms with Gasteiger partial charge in [0.05, 0.1) is 11.1 Å². The normalized spacial score (nSPS) is 10.9. The van der Waals surface area contributed by atoms with Gasteiger partial charge in [-0.2, -0.15) is 10.5 Å². The molecule has 0 bridgehead atoms. The fraction of sp³-hybridized carbons (Fsp3) is 0. The number of pyridine rings is 2. The molecule has 0 N–H and O–H groups in total. The third-order valence-corrected chi connectivity index (χ3v) is 8.89. The Balaban J connectivity index is 1.24. The number of aromatic nitrogens is 2. The fourth-order valence-electron chi connectivity index (χ4n) is 6.62. The molecular formula is C44H26N4. The molecule has 2 aromatic heterocycles. The Labute approximate surface area is 278 Å². The van der Waals surface area contributed by atoms with E-state index in [1.54, 1.807) is 24.8 Å². The Kier molecular flexibility index (Phi) is 7.23. The van der Waals surface area contributed by atoms with Crippen LogP contribution in [0.25, 0.3) is 77.2 Å². The molecule has 0 atom stereocenters. The smallest absolute Gasteiger partial charge is 0.101 e. The summed E-state index contributed by atoms with van der Waals surface area (Å²) >= 11 is 0. The molecule has 0 saturated carbocycles. The van der Waals surface area contributed by atoms with Crippen LogP contribution in [-0.4, -0.2) is 9.97 Å². The average Bonchev–Trinajstić information content (AvgIpc) is 3.17. The third kappa shape index (κ3) is 5.14. The molecule has 0 radical (unpaired) electrons. The maximum Gasteiger partial charge on any atom is 0.101 e. The van der Waals surface area contributed by atoms with Crippen molar-refractivity contribution in [2.45, 2.75) is 0 Å². The van der Waals surface area contributed by atoms with E-state index >= 15 is 0 Å². The van der Waals surface area contributed by atoms with Crippen molar-refractivity contribution in [3.63, 3.8) is 0 Å². The molecule has 222 valence electrons. The lowest BCUT2D eigenvalue weighted by Gasteiger charge is -2.16. The molecule has 0 saturated heterocycles. The highest BCUT2D eigenvalue weighted by Crippen LogP contribution is 2.41. The van der Waals surface area contributed by atoms with Crippen LogP contribution in [0.3, 0.4) is 0 Å². The Morgan fingerprint density at radius 2 is 0.708 bits per heavy atom. The molecule has 0 aliphatic heterocycles. The van der Waals surface area contributed by atoms with E-state index in [-0.39, 0.29) is 0 Å². The first-order valence-electron chi connectivity index (χ1n) is 15.7. The van der Waals surface area contributed by atoms with Gasteiger partial charge in [-0.15, -0.1) is 0 Å². The van der Waals surface area contributed by atoms with Crippen molar-refractivity contribution in [3.8, 4) is 67.8 Å². The van der Waals surface area contributed by atoms with E-state index in [1.165, 1.54) is 32.7 Å². The summed E-state index contributed by atoms with van der Waals surface area (Å²) in [5.74, 6) is 0. The molecule has 0 fully saturated rings. The summed E-state index contributed by atoms with van der Waals surface area (Å²) in [7, 11) is 0. The topological polar surface area (TPSA) is 73.4 Å². The standard InChI is InChI=1S/C44H26N4/c45-23-29-19-35(27-47-25-29)31-7-5-9-33(21-31)37-15-17-43(41-13-3-1-11-39(37)41)44-18-16-38(40-12-2-4-14-42(40)44)34-10-6-8-32(22-34)36-20-30(24-46)26-48-28-36/h1-22,25-28H. The van der Waals surface area contributed by atoms with Gasteiger partial charge in [-0.3, -0.25) is 9.97 Å². The van der Waals surface area contributed by atoms with Crippen molar-refractivity contribution in [2.75, 3.05) is 0 Å². The predicted octanol–water partition coefficient (Wildman–Crippen LogP) is 10.9. The van der Waals surface area contributed by atoms with Crippen LogP contribution in [0.15, 0.2) is 158 Å². The van der Waals surface area contributed by atoms with Crippen LogP contribution >= 0.6 is 0 Å². The Hall–Kier alpha value is -6.88. The van der Waals surface area contributed by atoms with Gasteiger partial charge in [-0.25, -0.2) is 0 Å². The highest BCUT2D eigenvalue weighted by molar-refractivity contribution is 6.12. The molecule has 0 aliphatic carbocycles. The van der Waals surface area contributed by atoms with Crippen molar-refractivity contribution >= 4 is 21.5 Å². The van der Waals surface area contributed by atoms with Crippen molar-refractivity contribution in [1.29, 1.82) is 10.5 Å². The van der Waals surface area contributed by atoms with E-state index in [1.807, 2.05) is 12.1 Å². The monoisotopic (exact) mass is 610 g/mol. The summed E-state index contributed by atoms with van der Waals surface area (Å²) in [4.78, 5) is 8.54. The minimum Gasteiger partial charge on any atom is -0.263 e. The van der Waals surface area contributed by atoms with Crippen molar-refractivity contribution in [3.05, 3.63) is 169 Å². The summed E-state index contributed by atoms with van der Waals surface area (Å²) in [5, 5.41) is 23.5. The first-order chi connectivity index (χ1) is 23.7. The van der Waals surface area contributed by atoms with Gasteiger partial charge in [0.25, 0.3) is 0 Å². The maximum absolute atomic E-state index is 9.39. The van der Waals surface area contributed by atoms with Crippen LogP contribution in [0.2, 0.25) is 0 Å². The van der Waals surface area contributed by atoms with Crippen LogP contribution in [0.1, 0.15) is 11.1 Å². The van der Waals surface area contributed by atoms with Gasteiger partial charge in [0, 0.05) is 35.9 Å². The van der Waals surface area contributed by atoms with Gasteiger partial charge in [0.15, 0.2) is 0 Å². The number of hydrogen-bond acceptors (Lipinski definition) is 4. The summed E-state index contributed by atoms with van der Waals surface area (Å²) in [6, 6.07) is 51.1. The minimum absolute atomic E-state index is 0.543. The molecule has 0 spiro atoms. The van der Waals surface area contributed by atoms with E-state index < -0.39 is 0 Å². The maximum atomic E-state index is 9.39. The molecule has 6 aromatic carbocycles. The van der Waals surface area contributed by atoms with Gasteiger partial charge in [-0.1, -0.05) is 109 Å². The lowest BCUT2D eigenvalue weighted by molar-refractivity contribution is 1.30. The second-order valence-corrected chi connectivity index (χ2v) is 11.7. The lowest BCUT2D eigenvalue weighted by atomic mass is 9.87. The predicted molar refractivity (Wildman–Crippen MR) is 194 cm³/mol. The number of nitriles is 2. The van der Waals surface area contributed by atoms with Crippen LogP contribution in [0.4, 0.5) is 0 Å². The zero-order valence-corrected chi connectivity index (χ0v) is 25.8. The number of nitrogens with zero attached hydrogens (tertiary/aromatic N) is 4. The molecule has 2 heterocycles. The number of fused-ring (bicyclic) bond motifs is 2. The third-order valence-electron chi connectivity index (χ3n) is 8.89. The van der Waals surface area contributed by atoms with Gasteiger partial charge >= 0.3 is 0 Å². The zero-order chi connectivity index (χ0) is 32.5. The number of rotatable bonds is 5. The number of benzene rings is 6. The van der Waals surface area contributed by atoms with E-state index in [0.717, 1.165) is 44.5 Å². The average molecular weight is 611 g/mol. The summed E-state index contributed by atoms with van der Waals surface area (Å²) < 4.78 is 0. The van der Waals surface area contributed by atoms with E-state index in [2.05, 4.69) is 143 Å². The Morgan fingerprint density at radius 3 is 1.12 bits per heavy atom. The molecule has 48 heavy (non-hydrogen) atoms. The molecule has 8 aromatic rings. The SMILES string of the molecule is N#Cc1cncc(-c2cccc(-c3ccc(-c4ccc(-c5cccc(-c6cncc(C#N)c6)c5)c5ccccc45)c4ccccc34)c2)c1. The summed E-state index contributed by atoms with van der Waals surface area (Å²) in [6.45, 7) is 0. The van der Waals surface area contributed by atoms with Gasteiger partial charge < -0.3 is 0 Å². The Bertz CT molecular complexity index is 2420. The second kappa shape index (κ2) is 12.1. The van der Waals surface area contributed by atoms with Crippen molar-refractivity contribution in [2.24, 2.45) is 0 Å². The summed E-state index contributed by atoms with van der Waals surface area (Å²) in [6.07, 6.45) is 6.77.